The van der Waals surface area contributed by atoms with Crippen LogP contribution in [0.4, 0.5) is 11.4 Å². The summed E-state index contributed by atoms with van der Waals surface area (Å²) in [4.78, 5) is 15.5. The van der Waals surface area contributed by atoms with Gasteiger partial charge in [0, 0.05) is 5.69 Å². The van der Waals surface area contributed by atoms with E-state index >= 15 is 0 Å². The Kier molecular flexibility index (Phi) is 2.81. The van der Waals surface area contributed by atoms with Crippen molar-refractivity contribution in [3.63, 3.8) is 0 Å². The molecule has 2 aromatic rings. The number of carbonyl (C=O) groups is 1. The number of nitrogens with one attached hydrogen (secondary N) is 1. The fraction of sp³-hybridized carbons (Fsp3) is 0.100. The van der Waals surface area contributed by atoms with Crippen LogP contribution >= 0.6 is 0 Å². The van der Waals surface area contributed by atoms with Crippen molar-refractivity contribution in [1.82, 2.24) is 10.1 Å². The lowest BCUT2D eigenvalue weighted by Crippen LogP contribution is -2.14. The van der Waals surface area contributed by atoms with Gasteiger partial charge in [0.1, 0.15) is 12.0 Å². The maximum Gasteiger partial charge on any atom is 0.230 e. The maximum atomic E-state index is 11.5. The molecule has 0 aromatic carbocycles. The van der Waals surface area contributed by atoms with Gasteiger partial charge in [-0.3, -0.25) is 9.78 Å². The second-order valence-electron chi connectivity index (χ2n) is 3.22. The van der Waals surface area contributed by atoms with Gasteiger partial charge >= 0.3 is 0 Å². The molecular formula is C10H10N4O2. The van der Waals surface area contributed by atoms with Crippen molar-refractivity contribution >= 4 is 17.3 Å². The smallest absolute Gasteiger partial charge is 0.230 e. The van der Waals surface area contributed by atoms with E-state index in [4.69, 9.17) is 5.73 Å². The summed E-state index contributed by atoms with van der Waals surface area (Å²) in [5, 5.41) is 6.09. The number of carbonyl (C=O) groups excluding carboxylic acids is 1. The zero-order valence-electron chi connectivity index (χ0n) is 8.38. The number of hydrogen-bond acceptors (Lipinski definition) is 5. The SMILES string of the molecule is Nc1ccc(CC(=O)Nc2cnoc2)nc1. The highest BCUT2D eigenvalue weighted by Crippen LogP contribution is 2.06. The number of rotatable bonds is 3. The van der Waals surface area contributed by atoms with Crippen molar-refractivity contribution in [3.8, 4) is 0 Å². The molecule has 0 saturated carbocycles. The molecule has 0 unspecified atom stereocenters. The Morgan fingerprint density at radius 2 is 2.31 bits per heavy atom. The van der Waals surface area contributed by atoms with Crippen LogP contribution in [0.25, 0.3) is 0 Å². The Balaban J connectivity index is 1.95. The van der Waals surface area contributed by atoms with Crippen LogP contribution in [0.15, 0.2) is 35.3 Å². The fourth-order valence-corrected chi connectivity index (χ4v) is 1.18. The summed E-state index contributed by atoms with van der Waals surface area (Å²) >= 11 is 0. The molecule has 6 heteroatoms. The van der Waals surface area contributed by atoms with Gasteiger partial charge in [-0.2, -0.15) is 0 Å². The fourth-order valence-electron chi connectivity index (χ4n) is 1.18. The molecule has 0 fully saturated rings. The molecule has 0 saturated heterocycles. The molecule has 16 heavy (non-hydrogen) atoms. The first-order valence-electron chi connectivity index (χ1n) is 4.63. The lowest BCUT2D eigenvalue weighted by Gasteiger charge is -2.01. The molecule has 0 aliphatic rings. The number of aromatic nitrogens is 2. The topological polar surface area (TPSA) is 94.0 Å². The molecule has 0 atom stereocenters. The molecule has 0 aliphatic carbocycles. The predicted octanol–water partition coefficient (Wildman–Crippen LogP) is 0.833. The monoisotopic (exact) mass is 218 g/mol. The highest BCUT2D eigenvalue weighted by molar-refractivity contribution is 5.91. The molecule has 1 amide bonds. The molecule has 0 aliphatic heterocycles. The molecular weight excluding hydrogens is 208 g/mol. The van der Waals surface area contributed by atoms with Gasteiger partial charge in [-0.25, -0.2) is 0 Å². The van der Waals surface area contributed by atoms with E-state index < -0.39 is 0 Å². The van der Waals surface area contributed by atoms with E-state index in [-0.39, 0.29) is 12.3 Å². The molecule has 0 spiro atoms. The van der Waals surface area contributed by atoms with Gasteiger partial charge in [0.05, 0.1) is 24.5 Å². The third-order valence-electron chi connectivity index (χ3n) is 1.91. The number of nitrogens with two attached hydrogens (primary N) is 1. The van der Waals surface area contributed by atoms with Crippen molar-refractivity contribution in [3.05, 3.63) is 36.5 Å². The normalized spacial score (nSPS) is 10.0. The predicted molar refractivity (Wildman–Crippen MR) is 57.5 cm³/mol. The summed E-state index contributed by atoms with van der Waals surface area (Å²) in [6.45, 7) is 0. The van der Waals surface area contributed by atoms with E-state index in [0.717, 1.165) is 0 Å². The largest absolute Gasteiger partial charge is 0.397 e. The van der Waals surface area contributed by atoms with Crippen LogP contribution in [0.1, 0.15) is 5.69 Å². The summed E-state index contributed by atoms with van der Waals surface area (Å²) in [6, 6.07) is 3.41. The van der Waals surface area contributed by atoms with Gasteiger partial charge in [-0.1, -0.05) is 5.16 Å². The van der Waals surface area contributed by atoms with E-state index in [1.165, 1.54) is 18.7 Å². The van der Waals surface area contributed by atoms with E-state index in [9.17, 15) is 4.79 Å². The van der Waals surface area contributed by atoms with Crippen LogP contribution in [-0.4, -0.2) is 16.0 Å². The van der Waals surface area contributed by atoms with Crippen LogP contribution in [-0.2, 0) is 11.2 Å². The number of pyridine rings is 1. The van der Waals surface area contributed by atoms with E-state index in [1.807, 2.05) is 0 Å². The van der Waals surface area contributed by atoms with Crippen LogP contribution in [0.2, 0.25) is 0 Å². The molecule has 0 bridgehead atoms. The summed E-state index contributed by atoms with van der Waals surface area (Å²) in [5.41, 5.74) is 7.24. The first-order valence-corrected chi connectivity index (χ1v) is 4.63. The van der Waals surface area contributed by atoms with Crippen LogP contribution < -0.4 is 11.1 Å². The van der Waals surface area contributed by atoms with Gasteiger partial charge in [-0.15, -0.1) is 0 Å². The molecule has 82 valence electrons. The van der Waals surface area contributed by atoms with Crippen molar-refractivity contribution in [1.29, 1.82) is 0 Å². The van der Waals surface area contributed by atoms with Crippen molar-refractivity contribution in [2.45, 2.75) is 6.42 Å². The molecule has 2 rings (SSSR count). The number of nitrogens with zero attached hydrogens (tertiary/aromatic N) is 2. The molecule has 3 N–H and O–H groups in total. The van der Waals surface area contributed by atoms with Crippen molar-refractivity contribution < 1.29 is 9.32 Å². The Bertz CT molecular complexity index is 464. The van der Waals surface area contributed by atoms with E-state index in [0.29, 0.717) is 17.1 Å². The van der Waals surface area contributed by atoms with Crippen molar-refractivity contribution in [2.24, 2.45) is 0 Å². The molecule has 2 aromatic heterocycles. The summed E-state index contributed by atoms with van der Waals surface area (Å²) in [5.74, 6) is -0.180. The van der Waals surface area contributed by atoms with Crippen LogP contribution in [0.5, 0.6) is 0 Å². The Morgan fingerprint density at radius 1 is 1.44 bits per heavy atom. The average molecular weight is 218 g/mol. The Morgan fingerprint density at radius 3 is 2.94 bits per heavy atom. The van der Waals surface area contributed by atoms with Gasteiger partial charge in [0.15, 0.2) is 0 Å². The highest BCUT2D eigenvalue weighted by atomic mass is 16.5. The summed E-state index contributed by atoms with van der Waals surface area (Å²) in [6.07, 6.45) is 4.48. The van der Waals surface area contributed by atoms with E-state index in [2.05, 4.69) is 20.0 Å². The second kappa shape index (κ2) is 4.43. The van der Waals surface area contributed by atoms with Gasteiger partial charge in [0.25, 0.3) is 0 Å². The molecule has 6 nitrogen and oxygen atoms in total. The minimum Gasteiger partial charge on any atom is -0.397 e. The quantitative estimate of drug-likeness (QED) is 0.795. The van der Waals surface area contributed by atoms with Gasteiger partial charge in [-0.05, 0) is 12.1 Å². The molecule has 2 heterocycles. The van der Waals surface area contributed by atoms with Crippen molar-refractivity contribution in [2.75, 3.05) is 11.1 Å². The summed E-state index contributed by atoms with van der Waals surface area (Å²) < 4.78 is 4.58. The lowest BCUT2D eigenvalue weighted by molar-refractivity contribution is -0.115. The maximum absolute atomic E-state index is 11.5. The minimum atomic E-state index is -0.180. The first kappa shape index (κ1) is 10.2. The number of amides is 1. The van der Waals surface area contributed by atoms with Gasteiger partial charge in [0.2, 0.25) is 5.91 Å². The third kappa shape index (κ3) is 2.57. The lowest BCUT2D eigenvalue weighted by atomic mass is 10.2. The minimum absolute atomic E-state index is 0.180. The highest BCUT2D eigenvalue weighted by Gasteiger charge is 2.05. The Labute approximate surface area is 91.5 Å². The number of anilines is 2. The third-order valence-corrected chi connectivity index (χ3v) is 1.91. The Hall–Kier alpha value is -2.37. The zero-order chi connectivity index (χ0) is 11.4. The zero-order valence-corrected chi connectivity index (χ0v) is 8.38. The summed E-state index contributed by atoms with van der Waals surface area (Å²) in [7, 11) is 0. The van der Waals surface area contributed by atoms with Crippen LogP contribution in [0.3, 0.4) is 0 Å². The second-order valence-corrected chi connectivity index (χ2v) is 3.22. The number of hydrogen-bond donors (Lipinski definition) is 2. The first-order chi connectivity index (χ1) is 7.74. The average Bonchev–Trinajstić information content (AvgIpc) is 2.74. The molecule has 0 radical (unpaired) electrons. The number of nitrogen functional groups attached to an aromatic ring is 1. The van der Waals surface area contributed by atoms with Crippen LogP contribution in [0, 0.1) is 0 Å². The standard InChI is InChI=1S/C10H10N4O2/c11-7-1-2-8(12-4-7)3-10(15)14-9-5-13-16-6-9/h1-2,4-6H,3,11H2,(H,14,15). The van der Waals surface area contributed by atoms with Gasteiger partial charge < -0.3 is 15.6 Å². The van der Waals surface area contributed by atoms with E-state index in [1.54, 1.807) is 12.1 Å².